The van der Waals surface area contributed by atoms with Crippen molar-refractivity contribution >= 4 is 28.7 Å². The number of allylic oxidation sites excluding steroid dienone is 1. The van der Waals surface area contributed by atoms with Gasteiger partial charge in [0.05, 0.1) is 11.0 Å². The molecule has 0 spiro atoms. The van der Waals surface area contributed by atoms with Crippen LogP contribution in [0.25, 0.3) is 16.6 Å². The third-order valence-electron chi connectivity index (χ3n) is 8.58. The molecule has 2 fully saturated rings. The number of nitrogens with two attached hydrogens (primary N) is 1. The largest absolute Gasteiger partial charge is 0.404 e. The van der Waals surface area contributed by atoms with Gasteiger partial charge in [-0.25, -0.2) is 4.98 Å². The number of carbonyl (C=O) groups excluding carboxylic acids is 1. The van der Waals surface area contributed by atoms with Gasteiger partial charge in [-0.15, -0.1) is 0 Å². The number of aryl methyl sites for hydroxylation is 1. The Morgan fingerprint density at radius 3 is 2.53 bits per heavy atom. The Kier molecular flexibility index (Phi) is 9.22. The maximum atomic E-state index is 13.4. The highest BCUT2D eigenvalue weighted by Crippen LogP contribution is 2.38. The van der Waals surface area contributed by atoms with Crippen LogP contribution >= 0.6 is 0 Å². The zero-order valence-corrected chi connectivity index (χ0v) is 22.3. The van der Waals surface area contributed by atoms with Crippen LogP contribution in [-0.2, 0) is 11.3 Å². The van der Waals surface area contributed by atoms with E-state index in [2.05, 4.69) is 29.4 Å². The third kappa shape index (κ3) is 5.84. The van der Waals surface area contributed by atoms with Gasteiger partial charge in [-0.3, -0.25) is 4.79 Å². The summed E-state index contributed by atoms with van der Waals surface area (Å²) >= 11 is 0. The van der Waals surface area contributed by atoms with Crippen LogP contribution in [0.4, 0.5) is 0 Å². The molecule has 0 atom stereocenters. The lowest BCUT2D eigenvalue weighted by Gasteiger charge is -2.34. The van der Waals surface area contributed by atoms with Crippen molar-refractivity contribution in [1.29, 1.82) is 5.41 Å². The second-order valence-electron chi connectivity index (χ2n) is 10.8. The number of carbonyl (C=O) groups is 1. The van der Waals surface area contributed by atoms with E-state index in [1.54, 1.807) is 0 Å². The summed E-state index contributed by atoms with van der Waals surface area (Å²) in [7, 11) is 0. The van der Waals surface area contributed by atoms with Gasteiger partial charge in [0.25, 0.3) is 0 Å². The number of amides is 1. The van der Waals surface area contributed by atoms with Crippen molar-refractivity contribution in [2.75, 3.05) is 6.54 Å². The summed E-state index contributed by atoms with van der Waals surface area (Å²) in [5.41, 5.74) is 9.42. The molecule has 3 N–H and O–H groups in total. The summed E-state index contributed by atoms with van der Waals surface area (Å²) in [6.07, 6.45) is 16.8. The number of hydrogen-bond acceptors (Lipinski definition) is 4. The fraction of sp³-hybridized carbons (Fsp3) is 0.633. The van der Waals surface area contributed by atoms with Crippen LogP contribution in [0.5, 0.6) is 0 Å². The maximum absolute atomic E-state index is 13.4. The molecule has 1 aromatic heterocycles. The first-order chi connectivity index (χ1) is 17.6. The Labute approximate surface area is 216 Å². The van der Waals surface area contributed by atoms with Crippen molar-refractivity contribution in [2.45, 2.75) is 109 Å². The lowest BCUT2D eigenvalue weighted by atomic mass is 9.79. The average Bonchev–Trinajstić information content (AvgIpc) is 3.28. The van der Waals surface area contributed by atoms with E-state index in [-0.39, 0.29) is 5.91 Å². The van der Waals surface area contributed by atoms with Crippen molar-refractivity contribution in [2.24, 2.45) is 11.7 Å². The van der Waals surface area contributed by atoms with Crippen LogP contribution in [0.3, 0.4) is 0 Å². The van der Waals surface area contributed by atoms with Gasteiger partial charge in [-0.2, -0.15) is 0 Å². The highest BCUT2D eigenvalue weighted by atomic mass is 16.2. The molecule has 0 unspecified atom stereocenters. The van der Waals surface area contributed by atoms with Gasteiger partial charge in [0.1, 0.15) is 5.82 Å². The Hall–Kier alpha value is -2.63. The molecule has 36 heavy (non-hydrogen) atoms. The minimum Gasteiger partial charge on any atom is -0.404 e. The normalized spacial score (nSPS) is 21.6. The Morgan fingerprint density at radius 1 is 1.14 bits per heavy atom. The first kappa shape index (κ1) is 26.4. The standard InChI is InChI=1S/C30H45N5O/c1-3-8-22-11-13-23(14-12-22)30-33-27-16-15-24(25(20-31)21-32)19-28(27)35(30)18-17-29(36)34(4-2)26-9-6-5-7-10-26/h15-16,19-23,26,31H,3-14,17-18,32H2,1-2H3/b25-21+,31-20?. The van der Waals surface area contributed by atoms with Gasteiger partial charge < -0.3 is 20.6 Å². The number of imidazole rings is 1. The Morgan fingerprint density at radius 2 is 1.89 bits per heavy atom. The average molecular weight is 492 g/mol. The van der Waals surface area contributed by atoms with Crippen LogP contribution in [0.1, 0.15) is 108 Å². The molecule has 0 aliphatic heterocycles. The fourth-order valence-corrected chi connectivity index (χ4v) is 6.59. The molecule has 4 rings (SSSR count). The van der Waals surface area contributed by atoms with Crippen LogP contribution < -0.4 is 5.73 Å². The van der Waals surface area contributed by atoms with Gasteiger partial charge >= 0.3 is 0 Å². The molecule has 6 nitrogen and oxygen atoms in total. The smallest absolute Gasteiger partial charge is 0.224 e. The molecular formula is C30H45N5O. The fourth-order valence-electron chi connectivity index (χ4n) is 6.59. The van der Waals surface area contributed by atoms with E-state index in [0.717, 1.165) is 47.7 Å². The van der Waals surface area contributed by atoms with Gasteiger partial charge in [0.2, 0.25) is 5.91 Å². The van der Waals surface area contributed by atoms with Crippen molar-refractivity contribution in [1.82, 2.24) is 14.5 Å². The Balaban J connectivity index is 1.61. The van der Waals surface area contributed by atoms with E-state index < -0.39 is 0 Å². The molecule has 2 aliphatic rings. The van der Waals surface area contributed by atoms with Crippen molar-refractivity contribution in [3.05, 3.63) is 35.8 Å². The number of nitrogens with one attached hydrogen (secondary N) is 1. The first-order valence-electron chi connectivity index (χ1n) is 14.3. The second kappa shape index (κ2) is 12.6. The highest BCUT2D eigenvalue weighted by molar-refractivity contribution is 6.09. The lowest BCUT2D eigenvalue weighted by Crippen LogP contribution is -2.41. The molecule has 6 heteroatoms. The zero-order chi connectivity index (χ0) is 25.5. The lowest BCUT2D eigenvalue weighted by molar-refractivity contribution is -0.134. The van der Waals surface area contributed by atoms with Gasteiger partial charge in [0, 0.05) is 49.5 Å². The highest BCUT2D eigenvalue weighted by Gasteiger charge is 2.28. The number of nitrogens with zero attached hydrogens (tertiary/aromatic N) is 3. The molecule has 2 aromatic rings. The van der Waals surface area contributed by atoms with Crippen molar-refractivity contribution in [3.8, 4) is 0 Å². The predicted molar refractivity (Wildman–Crippen MR) is 149 cm³/mol. The van der Waals surface area contributed by atoms with E-state index in [1.807, 2.05) is 12.1 Å². The van der Waals surface area contributed by atoms with Crippen molar-refractivity contribution in [3.63, 3.8) is 0 Å². The third-order valence-corrected chi connectivity index (χ3v) is 8.58. The van der Waals surface area contributed by atoms with E-state index >= 15 is 0 Å². The first-order valence-corrected chi connectivity index (χ1v) is 14.3. The molecular weight excluding hydrogens is 446 g/mol. The summed E-state index contributed by atoms with van der Waals surface area (Å²) < 4.78 is 2.31. The molecule has 0 bridgehead atoms. The molecule has 1 heterocycles. The summed E-state index contributed by atoms with van der Waals surface area (Å²) in [5.74, 6) is 2.69. The van der Waals surface area contributed by atoms with Crippen molar-refractivity contribution < 1.29 is 4.79 Å². The second-order valence-corrected chi connectivity index (χ2v) is 10.8. The predicted octanol–water partition coefficient (Wildman–Crippen LogP) is 6.63. The molecule has 1 amide bonds. The van der Waals surface area contributed by atoms with Crippen LogP contribution in [0, 0.1) is 11.3 Å². The number of rotatable bonds is 10. The number of fused-ring (bicyclic) bond motifs is 1. The van der Waals surface area contributed by atoms with E-state index in [9.17, 15) is 4.79 Å². The number of aromatic nitrogens is 2. The van der Waals surface area contributed by atoms with Gasteiger partial charge in [-0.1, -0.05) is 45.1 Å². The molecule has 2 aliphatic carbocycles. The molecule has 0 saturated heterocycles. The number of hydrogen-bond donors (Lipinski definition) is 2. The molecule has 1 aromatic carbocycles. The SMILES string of the molecule is CCCC1CCC(c2nc3ccc(/C(C=N)=C/N)cc3n2CCC(=O)N(CC)C2CCCCC2)CC1. The summed E-state index contributed by atoms with van der Waals surface area (Å²) in [6, 6.07) is 6.54. The molecule has 2 saturated carbocycles. The van der Waals surface area contributed by atoms with E-state index in [4.69, 9.17) is 16.1 Å². The Bertz CT molecular complexity index is 1060. The quantitative estimate of drug-likeness (QED) is 0.366. The van der Waals surface area contributed by atoms with Gasteiger partial charge in [0.15, 0.2) is 0 Å². The van der Waals surface area contributed by atoms with Crippen LogP contribution in [0.2, 0.25) is 0 Å². The number of benzene rings is 1. The zero-order valence-electron chi connectivity index (χ0n) is 22.3. The molecule has 0 radical (unpaired) electrons. The topological polar surface area (TPSA) is 88.0 Å². The summed E-state index contributed by atoms with van der Waals surface area (Å²) in [6.45, 7) is 5.84. The minimum absolute atomic E-state index is 0.266. The summed E-state index contributed by atoms with van der Waals surface area (Å²) in [4.78, 5) is 20.7. The minimum atomic E-state index is 0.266. The van der Waals surface area contributed by atoms with E-state index in [0.29, 0.717) is 30.5 Å². The van der Waals surface area contributed by atoms with Crippen LogP contribution in [0.15, 0.2) is 24.4 Å². The molecule has 196 valence electrons. The van der Waals surface area contributed by atoms with Crippen LogP contribution in [-0.4, -0.2) is 39.2 Å². The summed E-state index contributed by atoms with van der Waals surface area (Å²) in [5, 5.41) is 7.73. The monoisotopic (exact) mass is 491 g/mol. The maximum Gasteiger partial charge on any atom is 0.224 e. The van der Waals surface area contributed by atoms with Gasteiger partial charge in [-0.05, 0) is 69.1 Å². The van der Waals surface area contributed by atoms with E-state index in [1.165, 1.54) is 70.2 Å².